The Kier molecular flexibility index (Phi) is 3.39. The van der Waals surface area contributed by atoms with E-state index in [9.17, 15) is 4.79 Å². The lowest BCUT2D eigenvalue weighted by Crippen LogP contribution is -2.13. The van der Waals surface area contributed by atoms with Crippen LogP contribution in [0.3, 0.4) is 0 Å². The lowest BCUT2D eigenvalue weighted by atomic mass is 9.99. The number of benzene rings is 1. The maximum Gasteiger partial charge on any atom is 0.252 e. The summed E-state index contributed by atoms with van der Waals surface area (Å²) in [6.45, 7) is 4.06. The Morgan fingerprint density at radius 1 is 1.28 bits per heavy atom. The van der Waals surface area contributed by atoms with Gasteiger partial charge in [0.15, 0.2) is 0 Å². The average Bonchev–Trinajstić information content (AvgIpc) is 2.64. The number of nitrogen functional groups attached to an aromatic ring is 1. The monoisotopic (exact) mass is 260 g/mol. The third-order valence-corrected chi connectivity index (χ3v) is 3.94. The first-order valence-corrected chi connectivity index (χ1v) is 6.64. The van der Waals surface area contributed by atoms with Gasteiger partial charge in [-0.1, -0.05) is 31.2 Å². The van der Waals surface area contributed by atoms with E-state index < -0.39 is 5.91 Å². The van der Waals surface area contributed by atoms with E-state index >= 15 is 0 Å². The Labute approximate surface area is 110 Å². The summed E-state index contributed by atoms with van der Waals surface area (Å²) in [5, 5.41) is 0.495. The molecular formula is C14H16N2OS. The van der Waals surface area contributed by atoms with Crippen LogP contribution in [0, 0.1) is 6.92 Å². The highest BCUT2D eigenvalue weighted by Gasteiger charge is 2.19. The summed E-state index contributed by atoms with van der Waals surface area (Å²) >= 11 is 1.41. The van der Waals surface area contributed by atoms with Crippen LogP contribution in [0.4, 0.5) is 5.00 Å². The predicted molar refractivity (Wildman–Crippen MR) is 76.8 cm³/mol. The molecule has 4 N–H and O–H groups in total. The summed E-state index contributed by atoms with van der Waals surface area (Å²) in [5.74, 6) is -0.466. The van der Waals surface area contributed by atoms with Gasteiger partial charge in [-0.3, -0.25) is 4.79 Å². The van der Waals surface area contributed by atoms with Gasteiger partial charge in [0.25, 0.3) is 5.91 Å². The maximum atomic E-state index is 11.5. The number of hydrogen-bond donors (Lipinski definition) is 2. The van der Waals surface area contributed by atoms with Gasteiger partial charge in [0, 0.05) is 10.4 Å². The van der Waals surface area contributed by atoms with Crippen molar-refractivity contribution in [3.8, 4) is 11.1 Å². The van der Waals surface area contributed by atoms with Crippen molar-refractivity contribution >= 4 is 22.2 Å². The summed E-state index contributed by atoms with van der Waals surface area (Å²) in [6, 6.07) is 8.15. The zero-order valence-corrected chi connectivity index (χ0v) is 11.3. The van der Waals surface area contributed by atoms with Gasteiger partial charge in [-0.2, -0.15) is 0 Å². The van der Waals surface area contributed by atoms with Gasteiger partial charge >= 0.3 is 0 Å². The zero-order valence-electron chi connectivity index (χ0n) is 10.5. The summed E-state index contributed by atoms with van der Waals surface area (Å²) in [7, 11) is 0. The zero-order chi connectivity index (χ0) is 13.3. The van der Waals surface area contributed by atoms with Crippen LogP contribution >= 0.6 is 11.3 Å². The van der Waals surface area contributed by atoms with Crippen molar-refractivity contribution in [1.29, 1.82) is 0 Å². The minimum absolute atomic E-state index is 0.446. The number of aryl methyl sites for hydroxylation is 2. The summed E-state index contributed by atoms with van der Waals surface area (Å²) in [4.78, 5) is 12.5. The molecule has 1 aromatic carbocycles. The molecule has 1 amide bonds. The first-order chi connectivity index (χ1) is 8.54. The molecule has 0 bridgehead atoms. The van der Waals surface area contributed by atoms with Crippen molar-refractivity contribution in [2.24, 2.45) is 5.73 Å². The highest BCUT2D eigenvalue weighted by atomic mass is 32.1. The number of nitrogens with two attached hydrogens (primary N) is 2. The SMILES string of the molecule is CCc1ccc(-c2c(C)sc(N)c2C(N)=O)cc1. The van der Waals surface area contributed by atoms with E-state index in [-0.39, 0.29) is 0 Å². The number of anilines is 1. The molecule has 0 fully saturated rings. The first-order valence-electron chi connectivity index (χ1n) is 5.82. The molecule has 0 radical (unpaired) electrons. The summed E-state index contributed by atoms with van der Waals surface area (Å²) in [6.07, 6.45) is 0.994. The number of carbonyl (C=O) groups is 1. The predicted octanol–water partition coefficient (Wildman–Crippen LogP) is 2.97. The minimum Gasteiger partial charge on any atom is -0.390 e. The van der Waals surface area contributed by atoms with Gasteiger partial charge in [-0.25, -0.2) is 0 Å². The van der Waals surface area contributed by atoms with Crippen molar-refractivity contribution in [3.63, 3.8) is 0 Å². The second-order valence-electron chi connectivity index (χ2n) is 4.19. The fourth-order valence-electron chi connectivity index (χ4n) is 2.07. The molecule has 1 heterocycles. The Balaban J connectivity index is 2.59. The van der Waals surface area contributed by atoms with Crippen molar-refractivity contribution < 1.29 is 4.79 Å². The average molecular weight is 260 g/mol. The fraction of sp³-hybridized carbons (Fsp3) is 0.214. The van der Waals surface area contributed by atoms with E-state index in [2.05, 4.69) is 19.1 Å². The van der Waals surface area contributed by atoms with E-state index in [0.717, 1.165) is 22.4 Å². The second-order valence-corrected chi connectivity index (χ2v) is 5.44. The Bertz CT molecular complexity index is 585. The second kappa shape index (κ2) is 4.82. The van der Waals surface area contributed by atoms with E-state index in [4.69, 9.17) is 11.5 Å². The topological polar surface area (TPSA) is 69.1 Å². The van der Waals surface area contributed by atoms with Crippen LogP contribution in [0.25, 0.3) is 11.1 Å². The van der Waals surface area contributed by atoms with Crippen LogP contribution < -0.4 is 11.5 Å². The van der Waals surface area contributed by atoms with Crippen molar-refractivity contribution in [1.82, 2.24) is 0 Å². The molecule has 0 saturated heterocycles. The molecule has 0 aliphatic carbocycles. The minimum atomic E-state index is -0.466. The molecule has 0 atom stereocenters. The van der Waals surface area contributed by atoms with Crippen LogP contribution in [0.5, 0.6) is 0 Å². The molecule has 0 unspecified atom stereocenters. The van der Waals surface area contributed by atoms with Crippen molar-refractivity contribution in [3.05, 3.63) is 40.3 Å². The van der Waals surface area contributed by atoms with E-state index in [1.807, 2.05) is 19.1 Å². The van der Waals surface area contributed by atoms with Crippen molar-refractivity contribution in [2.45, 2.75) is 20.3 Å². The van der Waals surface area contributed by atoms with Gasteiger partial charge in [0.2, 0.25) is 0 Å². The summed E-state index contributed by atoms with van der Waals surface area (Å²) in [5.41, 5.74) is 14.8. The summed E-state index contributed by atoms with van der Waals surface area (Å²) < 4.78 is 0. The molecule has 0 aliphatic rings. The highest BCUT2D eigenvalue weighted by Crippen LogP contribution is 2.37. The van der Waals surface area contributed by atoms with Crippen LogP contribution in [-0.4, -0.2) is 5.91 Å². The largest absolute Gasteiger partial charge is 0.390 e. The fourth-order valence-corrected chi connectivity index (χ4v) is 3.02. The lowest BCUT2D eigenvalue weighted by molar-refractivity contribution is 0.100. The number of thiophene rings is 1. The molecule has 1 aromatic heterocycles. The Hall–Kier alpha value is -1.81. The molecule has 94 valence electrons. The number of hydrogen-bond acceptors (Lipinski definition) is 3. The van der Waals surface area contributed by atoms with Crippen LogP contribution in [0.2, 0.25) is 0 Å². The van der Waals surface area contributed by atoms with E-state index in [0.29, 0.717) is 10.6 Å². The maximum absolute atomic E-state index is 11.5. The lowest BCUT2D eigenvalue weighted by Gasteiger charge is -2.05. The van der Waals surface area contributed by atoms with Gasteiger partial charge < -0.3 is 11.5 Å². The van der Waals surface area contributed by atoms with Crippen LogP contribution in [0.15, 0.2) is 24.3 Å². The quantitative estimate of drug-likeness (QED) is 0.890. The Morgan fingerprint density at radius 2 is 1.89 bits per heavy atom. The molecule has 2 aromatic rings. The molecule has 3 nitrogen and oxygen atoms in total. The normalized spacial score (nSPS) is 10.6. The van der Waals surface area contributed by atoms with Gasteiger partial charge in [0.1, 0.15) is 0 Å². The molecule has 0 aliphatic heterocycles. The number of carbonyl (C=O) groups excluding carboxylic acids is 1. The van der Waals surface area contributed by atoms with Gasteiger partial charge in [-0.05, 0) is 24.5 Å². The molecular weight excluding hydrogens is 244 g/mol. The third kappa shape index (κ3) is 2.11. The number of rotatable bonds is 3. The standard InChI is InChI=1S/C14H16N2OS/c1-3-9-4-6-10(7-5-9)11-8(2)18-14(16)12(11)13(15)17/h4-7H,3,16H2,1-2H3,(H2,15,17). The third-order valence-electron chi connectivity index (χ3n) is 3.01. The van der Waals surface area contributed by atoms with Crippen LogP contribution in [0.1, 0.15) is 27.7 Å². The Morgan fingerprint density at radius 3 is 2.39 bits per heavy atom. The number of primary amides is 1. The van der Waals surface area contributed by atoms with Gasteiger partial charge in [-0.15, -0.1) is 11.3 Å². The van der Waals surface area contributed by atoms with Gasteiger partial charge in [0.05, 0.1) is 10.6 Å². The first kappa shape index (κ1) is 12.6. The van der Waals surface area contributed by atoms with E-state index in [1.54, 1.807) is 0 Å². The molecule has 4 heteroatoms. The molecule has 0 spiro atoms. The highest BCUT2D eigenvalue weighted by molar-refractivity contribution is 7.16. The number of amides is 1. The van der Waals surface area contributed by atoms with Crippen LogP contribution in [-0.2, 0) is 6.42 Å². The smallest absolute Gasteiger partial charge is 0.252 e. The molecule has 18 heavy (non-hydrogen) atoms. The molecule has 0 saturated carbocycles. The van der Waals surface area contributed by atoms with E-state index in [1.165, 1.54) is 16.9 Å². The van der Waals surface area contributed by atoms with Crippen molar-refractivity contribution in [2.75, 3.05) is 5.73 Å². The molecule has 2 rings (SSSR count).